The number of hydrogen-bond donors (Lipinski definition) is 2. The largest absolute Gasteiger partial charge is 0.508 e. The summed E-state index contributed by atoms with van der Waals surface area (Å²) in [4.78, 5) is 13.0. The molecule has 4 rings (SSSR count). The van der Waals surface area contributed by atoms with Gasteiger partial charge in [-0.25, -0.2) is 8.42 Å². The quantitative estimate of drug-likeness (QED) is 0.642. The fourth-order valence-electron chi connectivity index (χ4n) is 3.27. The Kier molecular flexibility index (Phi) is 4.92. The summed E-state index contributed by atoms with van der Waals surface area (Å²) < 4.78 is 27.9. The molecule has 8 heteroatoms. The van der Waals surface area contributed by atoms with E-state index in [1.165, 1.54) is 16.4 Å². The molecule has 28 heavy (non-hydrogen) atoms. The first-order chi connectivity index (χ1) is 13.4. The second-order valence-electron chi connectivity index (χ2n) is 6.51. The van der Waals surface area contributed by atoms with Crippen LogP contribution >= 0.6 is 11.3 Å². The fraction of sp³-hybridized carbons (Fsp3) is 0.150. The SMILES string of the molecule is O=C(Nc1ccc(O)cc1)[C@H]1Cc2ccccc2CN1S(=O)(=O)c1cccs1. The predicted octanol–water partition coefficient (Wildman–Crippen LogP) is 3.21. The van der Waals surface area contributed by atoms with Crippen LogP contribution in [-0.2, 0) is 27.8 Å². The molecular weight excluding hydrogens is 396 g/mol. The highest BCUT2D eigenvalue weighted by Crippen LogP contribution is 2.31. The standard InChI is InChI=1S/C20H18N2O4S2/c23-17-9-7-16(8-10-17)21-20(24)18-12-14-4-1-2-5-15(14)13-22(18)28(25,26)19-6-3-11-27-19/h1-11,18,23H,12-13H2,(H,21,24)/t18-/m1/s1. The predicted molar refractivity (Wildman–Crippen MR) is 108 cm³/mol. The molecule has 2 N–H and O–H groups in total. The van der Waals surface area contributed by atoms with Crippen molar-refractivity contribution >= 4 is 33.0 Å². The molecular formula is C20H18N2O4S2. The summed E-state index contributed by atoms with van der Waals surface area (Å²) in [6, 6.07) is 16.0. The number of amides is 1. The summed E-state index contributed by atoms with van der Waals surface area (Å²) in [5.74, 6) is -0.313. The van der Waals surface area contributed by atoms with Crippen molar-refractivity contribution in [2.24, 2.45) is 0 Å². The number of nitrogens with zero attached hydrogens (tertiary/aromatic N) is 1. The molecule has 6 nitrogen and oxygen atoms in total. The molecule has 2 heterocycles. The highest BCUT2D eigenvalue weighted by molar-refractivity contribution is 7.91. The Labute approximate surface area is 167 Å². The lowest BCUT2D eigenvalue weighted by molar-refractivity contribution is -0.120. The third kappa shape index (κ3) is 3.54. The molecule has 1 atom stereocenters. The van der Waals surface area contributed by atoms with Gasteiger partial charge in [-0.2, -0.15) is 4.31 Å². The van der Waals surface area contributed by atoms with Gasteiger partial charge in [0, 0.05) is 12.2 Å². The van der Waals surface area contributed by atoms with E-state index in [-0.39, 0.29) is 16.5 Å². The topological polar surface area (TPSA) is 86.7 Å². The number of thiophene rings is 1. The third-order valence-corrected chi connectivity index (χ3v) is 7.93. The lowest BCUT2D eigenvalue weighted by atomic mass is 9.95. The van der Waals surface area contributed by atoms with Crippen LogP contribution in [0, 0.1) is 0 Å². The van der Waals surface area contributed by atoms with Gasteiger partial charge in [-0.05, 0) is 53.3 Å². The normalized spacial score (nSPS) is 17.1. The zero-order valence-corrected chi connectivity index (χ0v) is 16.4. The Hall–Kier alpha value is -2.68. The molecule has 0 unspecified atom stereocenters. The van der Waals surface area contributed by atoms with Crippen LogP contribution in [0.2, 0.25) is 0 Å². The fourth-order valence-corrected chi connectivity index (χ4v) is 5.96. The van der Waals surface area contributed by atoms with Gasteiger partial charge in [0.2, 0.25) is 5.91 Å². The van der Waals surface area contributed by atoms with Crippen molar-refractivity contribution in [3.8, 4) is 5.75 Å². The zero-order valence-electron chi connectivity index (χ0n) is 14.8. The van der Waals surface area contributed by atoms with E-state index in [1.54, 1.807) is 29.6 Å². The molecule has 0 saturated carbocycles. The number of benzene rings is 2. The van der Waals surface area contributed by atoms with E-state index < -0.39 is 22.0 Å². The highest BCUT2D eigenvalue weighted by Gasteiger charge is 2.40. The Bertz CT molecular complexity index is 1090. The van der Waals surface area contributed by atoms with Crippen LogP contribution in [0.4, 0.5) is 5.69 Å². The Morgan fingerprint density at radius 3 is 2.43 bits per heavy atom. The molecule has 0 saturated heterocycles. The van der Waals surface area contributed by atoms with E-state index in [0.717, 1.165) is 22.5 Å². The summed E-state index contributed by atoms with van der Waals surface area (Å²) in [6.07, 6.45) is 0.296. The number of hydrogen-bond acceptors (Lipinski definition) is 5. The molecule has 1 aromatic heterocycles. The summed E-state index contributed by atoms with van der Waals surface area (Å²) in [5.41, 5.74) is 2.36. The molecule has 1 amide bonds. The van der Waals surface area contributed by atoms with Gasteiger partial charge in [-0.15, -0.1) is 11.3 Å². The maximum Gasteiger partial charge on any atom is 0.253 e. The molecule has 0 fully saturated rings. The van der Waals surface area contributed by atoms with Crippen molar-refractivity contribution in [2.45, 2.75) is 23.2 Å². The number of phenolic OH excluding ortho intramolecular Hbond substituents is 1. The maximum absolute atomic E-state index is 13.2. The van der Waals surface area contributed by atoms with E-state index in [2.05, 4.69) is 5.32 Å². The molecule has 0 aliphatic carbocycles. The van der Waals surface area contributed by atoms with Crippen LogP contribution < -0.4 is 5.32 Å². The summed E-state index contributed by atoms with van der Waals surface area (Å²) in [7, 11) is -3.80. The average molecular weight is 415 g/mol. The van der Waals surface area contributed by atoms with Crippen LogP contribution in [0.5, 0.6) is 5.75 Å². The maximum atomic E-state index is 13.2. The first-order valence-electron chi connectivity index (χ1n) is 8.67. The van der Waals surface area contributed by atoms with Gasteiger partial charge in [0.25, 0.3) is 10.0 Å². The molecule has 0 spiro atoms. The van der Waals surface area contributed by atoms with Gasteiger partial charge in [0.05, 0.1) is 0 Å². The minimum Gasteiger partial charge on any atom is -0.508 e. The first-order valence-corrected chi connectivity index (χ1v) is 11.0. The van der Waals surface area contributed by atoms with E-state index in [4.69, 9.17) is 0 Å². The van der Waals surface area contributed by atoms with Crippen LogP contribution in [-0.4, -0.2) is 29.8 Å². The molecule has 1 aliphatic heterocycles. The van der Waals surface area contributed by atoms with Crippen LogP contribution in [0.1, 0.15) is 11.1 Å². The van der Waals surface area contributed by atoms with Crippen LogP contribution in [0.25, 0.3) is 0 Å². The molecule has 1 aliphatic rings. The van der Waals surface area contributed by atoms with Crippen molar-refractivity contribution in [1.82, 2.24) is 4.31 Å². The zero-order chi connectivity index (χ0) is 19.7. The number of anilines is 1. The first kappa shape index (κ1) is 18.7. The van der Waals surface area contributed by atoms with Gasteiger partial charge < -0.3 is 10.4 Å². The monoisotopic (exact) mass is 414 g/mol. The summed E-state index contributed by atoms with van der Waals surface area (Å²) in [5, 5.41) is 13.9. The second-order valence-corrected chi connectivity index (χ2v) is 9.57. The van der Waals surface area contributed by atoms with Crippen molar-refractivity contribution < 1.29 is 18.3 Å². The lowest BCUT2D eigenvalue weighted by Gasteiger charge is -2.34. The van der Waals surface area contributed by atoms with E-state index in [9.17, 15) is 18.3 Å². The van der Waals surface area contributed by atoms with Gasteiger partial charge in [-0.3, -0.25) is 4.79 Å². The number of carbonyl (C=O) groups is 1. The second kappa shape index (κ2) is 7.38. The lowest BCUT2D eigenvalue weighted by Crippen LogP contribution is -2.50. The van der Waals surface area contributed by atoms with Crippen LogP contribution in [0.3, 0.4) is 0 Å². The molecule has 0 radical (unpaired) electrons. The Morgan fingerprint density at radius 1 is 1.04 bits per heavy atom. The number of aromatic hydroxyl groups is 1. The Morgan fingerprint density at radius 2 is 1.75 bits per heavy atom. The summed E-state index contributed by atoms with van der Waals surface area (Å²) >= 11 is 1.14. The van der Waals surface area contributed by atoms with E-state index in [1.807, 2.05) is 24.3 Å². The molecule has 3 aromatic rings. The molecule has 0 bridgehead atoms. The minimum absolute atomic E-state index is 0.0893. The number of sulfonamides is 1. The van der Waals surface area contributed by atoms with Crippen molar-refractivity contribution in [3.63, 3.8) is 0 Å². The number of rotatable bonds is 4. The highest BCUT2D eigenvalue weighted by atomic mass is 32.2. The van der Waals surface area contributed by atoms with E-state index in [0.29, 0.717) is 12.1 Å². The number of phenols is 1. The average Bonchev–Trinajstić information content (AvgIpc) is 3.24. The molecule has 2 aromatic carbocycles. The number of nitrogens with one attached hydrogen (secondary N) is 1. The molecule has 144 valence electrons. The van der Waals surface area contributed by atoms with Crippen molar-refractivity contribution in [3.05, 3.63) is 77.2 Å². The van der Waals surface area contributed by atoms with Gasteiger partial charge in [0.1, 0.15) is 16.0 Å². The van der Waals surface area contributed by atoms with Gasteiger partial charge in [-0.1, -0.05) is 30.3 Å². The summed E-state index contributed by atoms with van der Waals surface area (Å²) in [6.45, 7) is 0.143. The van der Waals surface area contributed by atoms with Gasteiger partial charge >= 0.3 is 0 Å². The smallest absolute Gasteiger partial charge is 0.253 e. The van der Waals surface area contributed by atoms with Crippen molar-refractivity contribution in [1.29, 1.82) is 0 Å². The van der Waals surface area contributed by atoms with Crippen LogP contribution in [0.15, 0.2) is 70.3 Å². The Balaban J connectivity index is 1.69. The number of fused-ring (bicyclic) bond motifs is 1. The van der Waals surface area contributed by atoms with E-state index >= 15 is 0 Å². The van der Waals surface area contributed by atoms with Crippen molar-refractivity contribution in [2.75, 3.05) is 5.32 Å². The number of carbonyl (C=O) groups excluding carboxylic acids is 1. The third-order valence-electron chi connectivity index (χ3n) is 4.70. The van der Waals surface area contributed by atoms with Gasteiger partial charge in [0.15, 0.2) is 0 Å². The minimum atomic E-state index is -3.80.